The molecule has 318 valence electrons. The molecule has 7 aromatic rings. The van der Waals surface area contributed by atoms with Gasteiger partial charge in [-0.1, -0.05) is 72.8 Å². The Labute approximate surface area is 377 Å². The first-order valence-electron chi connectivity index (χ1n) is 23.2. The minimum atomic E-state index is 0.858. The van der Waals surface area contributed by atoms with Gasteiger partial charge in [-0.3, -0.25) is 20.0 Å². The van der Waals surface area contributed by atoms with Crippen molar-refractivity contribution in [3.05, 3.63) is 170 Å². The maximum absolute atomic E-state index is 6.10. The Morgan fingerprint density at radius 3 is 1.69 bits per heavy atom. The first-order chi connectivity index (χ1) is 32.1. The number of amidine groups is 3. The lowest BCUT2D eigenvalue weighted by molar-refractivity contribution is 0.603. The van der Waals surface area contributed by atoms with E-state index in [0.29, 0.717) is 0 Å². The Morgan fingerprint density at radius 1 is 0.446 bits per heavy atom. The summed E-state index contributed by atoms with van der Waals surface area (Å²) in [5.74, 6) is 4.03. The Balaban J connectivity index is 0.000000135. The Hall–Kier alpha value is -7.52. The van der Waals surface area contributed by atoms with Crippen LogP contribution in [0.2, 0.25) is 0 Å². The molecule has 0 radical (unpaired) electrons. The second-order valence-electron chi connectivity index (χ2n) is 18.0. The van der Waals surface area contributed by atoms with Gasteiger partial charge in [-0.25, -0.2) is 0 Å². The predicted molar refractivity (Wildman–Crippen MR) is 267 cm³/mol. The number of fused-ring (bicyclic) bond motifs is 5. The first kappa shape index (κ1) is 38.0. The maximum atomic E-state index is 6.10. The van der Waals surface area contributed by atoms with Crippen LogP contribution < -0.4 is 16.0 Å². The standard InChI is InChI=1S/C33H27N3O.C23H21N5/c1-2-30(34-9-1)32-19-29-15-23(7-8-31(29)37-32)27-13-21-4-3-20(12-25(21)17-27)26-14-22-5-6-24(16-28(22)18-26)33-35-10-11-36-33;1-2-15(10-18-11-19(9-14(1)18)23-26-7-8-27-23)20-12-16-3-4-17(13-21(16)28-20)22-24-5-6-25-22/h3-8,12-16,19H,1-2,9-11,17-18H2,(H,35,36);1-4,9-10,12-13,28H,5-8,11H2,(H,24,25)(H,26,27). The van der Waals surface area contributed by atoms with Crippen molar-refractivity contribution in [2.24, 2.45) is 20.0 Å². The fraction of sp³-hybridized carbons (Fsp3) is 0.214. The summed E-state index contributed by atoms with van der Waals surface area (Å²) in [5.41, 5.74) is 22.7. The van der Waals surface area contributed by atoms with Crippen molar-refractivity contribution in [1.82, 2.24) is 20.9 Å². The number of hydrogen-bond acceptors (Lipinski definition) is 8. The molecule has 65 heavy (non-hydrogen) atoms. The van der Waals surface area contributed by atoms with Crippen LogP contribution in [0.3, 0.4) is 0 Å². The van der Waals surface area contributed by atoms with E-state index < -0.39 is 0 Å². The van der Waals surface area contributed by atoms with E-state index in [1.165, 1.54) is 77.7 Å². The van der Waals surface area contributed by atoms with Gasteiger partial charge < -0.3 is 25.4 Å². The molecule has 5 aromatic carbocycles. The molecule has 0 spiro atoms. The van der Waals surface area contributed by atoms with Crippen LogP contribution in [0.15, 0.2) is 133 Å². The van der Waals surface area contributed by atoms with Crippen molar-refractivity contribution in [2.75, 3.05) is 45.8 Å². The van der Waals surface area contributed by atoms with Crippen LogP contribution in [0.5, 0.6) is 0 Å². The van der Waals surface area contributed by atoms with Crippen molar-refractivity contribution in [2.45, 2.75) is 32.1 Å². The van der Waals surface area contributed by atoms with E-state index in [2.05, 4.69) is 162 Å². The van der Waals surface area contributed by atoms with Gasteiger partial charge >= 0.3 is 0 Å². The fourth-order valence-electron chi connectivity index (χ4n) is 10.4. The molecule has 9 nitrogen and oxygen atoms in total. The fourth-order valence-corrected chi connectivity index (χ4v) is 10.4. The predicted octanol–water partition coefficient (Wildman–Crippen LogP) is 9.68. The summed E-state index contributed by atoms with van der Waals surface area (Å²) in [5, 5.41) is 12.5. The molecule has 0 saturated heterocycles. The second-order valence-corrected chi connectivity index (χ2v) is 18.0. The highest BCUT2D eigenvalue weighted by atomic mass is 16.3. The minimum Gasteiger partial charge on any atom is -0.455 e. The average Bonchev–Trinajstić information content (AvgIpc) is 4.18. The van der Waals surface area contributed by atoms with Gasteiger partial charge in [-0.05, 0) is 141 Å². The molecule has 0 atom stereocenters. The number of nitrogens with one attached hydrogen (secondary N) is 4. The van der Waals surface area contributed by atoms with Crippen molar-refractivity contribution < 1.29 is 4.42 Å². The molecule has 9 heteroatoms. The van der Waals surface area contributed by atoms with E-state index in [4.69, 9.17) is 4.42 Å². The van der Waals surface area contributed by atoms with E-state index in [-0.39, 0.29) is 0 Å². The van der Waals surface area contributed by atoms with E-state index >= 15 is 0 Å². The molecule has 4 N–H and O–H groups in total. The van der Waals surface area contributed by atoms with E-state index in [0.717, 1.165) is 135 Å². The monoisotopic (exact) mass is 848 g/mol. The van der Waals surface area contributed by atoms with Crippen LogP contribution in [0.1, 0.15) is 74.2 Å². The van der Waals surface area contributed by atoms with Gasteiger partial charge in [0.25, 0.3) is 0 Å². The zero-order chi connectivity index (χ0) is 42.8. The highest BCUT2D eigenvalue weighted by Gasteiger charge is 2.23. The molecule has 14 rings (SSSR count). The summed E-state index contributed by atoms with van der Waals surface area (Å²) < 4.78 is 6.10. The third-order valence-corrected chi connectivity index (χ3v) is 13.8. The van der Waals surface area contributed by atoms with Gasteiger partial charge in [0, 0.05) is 65.7 Å². The quantitative estimate of drug-likeness (QED) is 0.128. The largest absolute Gasteiger partial charge is 0.455 e. The number of H-pyrrole nitrogens is 1. The maximum Gasteiger partial charge on any atom is 0.149 e. The smallest absolute Gasteiger partial charge is 0.149 e. The summed E-state index contributed by atoms with van der Waals surface area (Å²) in [7, 11) is 0. The molecule has 0 unspecified atom stereocenters. The molecular formula is C56H48N8O. The normalized spacial score (nSPS) is 17.8. The zero-order valence-electron chi connectivity index (χ0n) is 36.2. The molecular weight excluding hydrogens is 801 g/mol. The number of aromatic amines is 1. The topological polar surface area (TPSA) is 114 Å². The van der Waals surface area contributed by atoms with Crippen molar-refractivity contribution in [3.63, 3.8) is 0 Å². The number of rotatable bonds is 7. The van der Waals surface area contributed by atoms with Crippen molar-refractivity contribution in [3.8, 4) is 11.3 Å². The number of aromatic nitrogens is 1. The zero-order valence-corrected chi connectivity index (χ0v) is 36.2. The number of benzene rings is 5. The van der Waals surface area contributed by atoms with Gasteiger partial charge in [0.15, 0.2) is 0 Å². The van der Waals surface area contributed by atoms with Crippen molar-refractivity contribution >= 4 is 74.5 Å². The number of allylic oxidation sites excluding steroid dienone is 2. The molecule has 0 fully saturated rings. The lowest BCUT2D eigenvalue weighted by Gasteiger charge is -2.07. The van der Waals surface area contributed by atoms with Crippen LogP contribution in [-0.4, -0.2) is 74.0 Å². The van der Waals surface area contributed by atoms with Gasteiger partial charge in [0.1, 0.15) is 28.9 Å². The molecule has 0 bridgehead atoms. The summed E-state index contributed by atoms with van der Waals surface area (Å²) in [4.78, 5) is 21.9. The lowest BCUT2D eigenvalue weighted by atomic mass is 9.97. The molecule has 6 heterocycles. The third kappa shape index (κ3) is 7.12. The number of hydrogen-bond donors (Lipinski definition) is 4. The summed E-state index contributed by atoms with van der Waals surface area (Å²) >= 11 is 0. The molecule has 4 aliphatic heterocycles. The molecule has 0 amide bonds. The summed E-state index contributed by atoms with van der Waals surface area (Å²) in [6.07, 6.45) is 12.0. The van der Waals surface area contributed by atoms with Crippen LogP contribution in [0.4, 0.5) is 0 Å². The van der Waals surface area contributed by atoms with E-state index in [1.54, 1.807) is 0 Å². The SMILES string of the molecule is C1=C(C2=NCCN2)Cc2cc(-c3cc4ccc(C5=NCCN5)cc4[nH]3)ccc21.C1=C(c2ccc3oc(C4=NCCC4)cc3c2)Cc2cc(C3=Cc4ccc(C5=NCCN5)cc4C3)ccc21. The van der Waals surface area contributed by atoms with Crippen LogP contribution in [0.25, 0.3) is 62.5 Å². The molecule has 3 aliphatic carbocycles. The lowest BCUT2D eigenvalue weighted by Crippen LogP contribution is -2.20. The molecule has 2 aromatic heterocycles. The Morgan fingerprint density at radius 2 is 1.02 bits per heavy atom. The number of furan rings is 1. The second kappa shape index (κ2) is 15.6. The highest BCUT2D eigenvalue weighted by molar-refractivity contribution is 6.06. The Kier molecular flexibility index (Phi) is 9.13. The number of aliphatic imine (C=N–C) groups is 4. The van der Waals surface area contributed by atoms with Gasteiger partial charge in [0.05, 0.1) is 25.3 Å². The Bertz CT molecular complexity index is 3370. The van der Waals surface area contributed by atoms with Crippen molar-refractivity contribution in [1.29, 1.82) is 0 Å². The van der Waals surface area contributed by atoms with Crippen LogP contribution in [-0.2, 0) is 19.3 Å². The van der Waals surface area contributed by atoms with E-state index in [1.807, 2.05) is 0 Å². The summed E-state index contributed by atoms with van der Waals surface area (Å²) in [6.45, 7) is 6.34. The van der Waals surface area contributed by atoms with Crippen LogP contribution >= 0.6 is 0 Å². The minimum absolute atomic E-state index is 0.858. The van der Waals surface area contributed by atoms with Crippen LogP contribution in [0, 0.1) is 0 Å². The number of nitrogens with zero attached hydrogens (tertiary/aromatic N) is 4. The molecule has 7 aliphatic rings. The summed E-state index contributed by atoms with van der Waals surface area (Å²) in [6, 6.07) is 37.9. The van der Waals surface area contributed by atoms with E-state index in [9.17, 15) is 0 Å². The molecule has 0 saturated carbocycles. The van der Waals surface area contributed by atoms with Gasteiger partial charge in [0.2, 0.25) is 0 Å². The third-order valence-electron chi connectivity index (χ3n) is 13.8. The van der Waals surface area contributed by atoms with Gasteiger partial charge in [-0.2, -0.15) is 0 Å². The average molecular weight is 849 g/mol. The van der Waals surface area contributed by atoms with Gasteiger partial charge in [-0.15, -0.1) is 0 Å². The highest BCUT2D eigenvalue weighted by Crippen LogP contribution is 2.38. The first-order valence-corrected chi connectivity index (χ1v) is 23.2.